The Balaban J connectivity index is 2.95. The van der Waals surface area contributed by atoms with Crippen LogP contribution in [0.15, 0.2) is 18.2 Å². The van der Waals surface area contributed by atoms with Crippen LogP contribution in [-0.2, 0) is 4.79 Å². The molecule has 0 aliphatic carbocycles. The zero-order valence-corrected chi connectivity index (χ0v) is 10.8. The molecule has 0 fully saturated rings. The Morgan fingerprint density at radius 2 is 2.11 bits per heavy atom. The van der Waals surface area contributed by atoms with Crippen molar-refractivity contribution in [3.8, 4) is 0 Å². The van der Waals surface area contributed by atoms with Crippen LogP contribution >= 0.6 is 0 Å². The molecule has 0 spiro atoms. The molecule has 4 N–H and O–H groups in total. The van der Waals surface area contributed by atoms with Crippen LogP contribution in [0.5, 0.6) is 0 Å². The van der Waals surface area contributed by atoms with Crippen LogP contribution in [0, 0.1) is 11.7 Å². The topological polar surface area (TPSA) is 92.4 Å². The van der Waals surface area contributed by atoms with Gasteiger partial charge in [-0.1, -0.05) is 20.3 Å². The van der Waals surface area contributed by atoms with E-state index in [9.17, 15) is 14.0 Å². The zero-order chi connectivity index (χ0) is 14.6. The van der Waals surface area contributed by atoms with Gasteiger partial charge in [0, 0.05) is 0 Å². The number of carbonyl (C=O) groups is 2. The molecule has 1 unspecified atom stereocenters. The van der Waals surface area contributed by atoms with Crippen LogP contribution in [0.3, 0.4) is 0 Å². The van der Waals surface area contributed by atoms with Crippen molar-refractivity contribution in [1.29, 1.82) is 0 Å². The number of nitrogens with two attached hydrogens (primary N) is 1. The zero-order valence-electron chi connectivity index (χ0n) is 10.8. The summed E-state index contributed by atoms with van der Waals surface area (Å²) in [6.07, 6.45) is 0.712. The fourth-order valence-electron chi connectivity index (χ4n) is 1.53. The number of carboxylic acid groups (broad SMARTS) is 1. The molecule has 1 rings (SSSR count). The minimum atomic E-state index is -1.24. The summed E-state index contributed by atoms with van der Waals surface area (Å²) >= 11 is 0. The Bertz CT molecular complexity index is 491. The van der Waals surface area contributed by atoms with Gasteiger partial charge in [0.25, 0.3) is 0 Å². The van der Waals surface area contributed by atoms with Gasteiger partial charge in [-0.25, -0.2) is 9.18 Å². The molecule has 0 aliphatic rings. The standard InChI is InChI=1S/C13H17FN2O3/c1-3-7(2)11(15)12(17)16-10-6-8(14)4-5-9(10)13(18)19/h4-7,11H,3,15H2,1-2H3,(H,16,17)(H,18,19)/t7?,11-/m0/s1. The van der Waals surface area contributed by atoms with Crippen molar-refractivity contribution in [2.45, 2.75) is 26.3 Å². The summed E-state index contributed by atoms with van der Waals surface area (Å²) in [4.78, 5) is 22.8. The summed E-state index contributed by atoms with van der Waals surface area (Å²) in [7, 11) is 0. The molecule has 6 heteroatoms. The van der Waals surface area contributed by atoms with Gasteiger partial charge < -0.3 is 16.2 Å². The van der Waals surface area contributed by atoms with E-state index in [-0.39, 0.29) is 17.2 Å². The van der Waals surface area contributed by atoms with E-state index in [1.807, 2.05) is 13.8 Å². The van der Waals surface area contributed by atoms with Gasteiger partial charge >= 0.3 is 5.97 Å². The highest BCUT2D eigenvalue weighted by molar-refractivity contribution is 6.02. The smallest absolute Gasteiger partial charge is 0.337 e. The van der Waals surface area contributed by atoms with E-state index in [4.69, 9.17) is 10.8 Å². The SMILES string of the molecule is CCC(C)[C@H](N)C(=O)Nc1cc(F)ccc1C(=O)O. The lowest BCUT2D eigenvalue weighted by molar-refractivity contribution is -0.118. The second-order valence-corrected chi connectivity index (χ2v) is 4.40. The minimum absolute atomic E-state index is 0.0539. The second-order valence-electron chi connectivity index (χ2n) is 4.40. The number of rotatable bonds is 5. The number of carboxylic acids is 1. The lowest BCUT2D eigenvalue weighted by Crippen LogP contribution is -2.40. The lowest BCUT2D eigenvalue weighted by atomic mass is 9.99. The first-order valence-corrected chi connectivity index (χ1v) is 5.96. The quantitative estimate of drug-likeness (QED) is 0.759. The van der Waals surface area contributed by atoms with E-state index in [0.29, 0.717) is 6.42 Å². The minimum Gasteiger partial charge on any atom is -0.478 e. The van der Waals surface area contributed by atoms with Crippen molar-refractivity contribution in [2.24, 2.45) is 11.7 Å². The summed E-state index contributed by atoms with van der Waals surface area (Å²) < 4.78 is 13.1. The van der Waals surface area contributed by atoms with E-state index in [1.165, 1.54) is 0 Å². The van der Waals surface area contributed by atoms with Gasteiger partial charge in [-0.15, -0.1) is 0 Å². The third-order valence-electron chi connectivity index (χ3n) is 3.03. The Labute approximate surface area is 110 Å². The fraction of sp³-hybridized carbons (Fsp3) is 0.385. The number of hydrogen-bond donors (Lipinski definition) is 3. The monoisotopic (exact) mass is 268 g/mol. The maximum absolute atomic E-state index is 13.1. The van der Waals surface area contributed by atoms with Crippen molar-refractivity contribution in [2.75, 3.05) is 5.32 Å². The number of aromatic carboxylic acids is 1. The molecular weight excluding hydrogens is 251 g/mol. The Hall–Kier alpha value is -1.95. The number of amides is 1. The number of nitrogens with one attached hydrogen (secondary N) is 1. The van der Waals surface area contributed by atoms with Crippen molar-refractivity contribution in [3.05, 3.63) is 29.6 Å². The van der Waals surface area contributed by atoms with E-state index in [2.05, 4.69) is 5.32 Å². The highest BCUT2D eigenvalue weighted by Crippen LogP contribution is 2.18. The van der Waals surface area contributed by atoms with Crippen LogP contribution in [-0.4, -0.2) is 23.0 Å². The third-order valence-corrected chi connectivity index (χ3v) is 3.03. The van der Waals surface area contributed by atoms with Crippen LogP contribution in [0.1, 0.15) is 30.6 Å². The molecule has 1 aromatic carbocycles. The fourth-order valence-corrected chi connectivity index (χ4v) is 1.53. The molecule has 1 amide bonds. The molecule has 0 heterocycles. The Morgan fingerprint density at radius 3 is 2.63 bits per heavy atom. The molecule has 5 nitrogen and oxygen atoms in total. The molecule has 0 aromatic heterocycles. The highest BCUT2D eigenvalue weighted by Gasteiger charge is 2.21. The third kappa shape index (κ3) is 3.75. The second kappa shape index (κ2) is 6.29. The molecule has 0 radical (unpaired) electrons. The Morgan fingerprint density at radius 1 is 1.47 bits per heavy atom. The first kappa shape index (κ1) is 15.1. The summed E-state index contributed by atoms with van der Waals surface area (Å²) in [6, 6.07) is 2.32. The van der Waals surface area contributed by atoms with Gasteiger partial charge in [0.15, 0.2) is 0 Å². The van der Waals surface area contributed by atoms with Crippen LogP contribution in [0.2, 0.25) is 0 Å². The van der Waals surface area contributed by atoms with Gasteiger partial charge in [-0.2, -0.15) is 0 Å². The van der Waals surface area contributed by atoms with E-state index < -0.39 is 23.7 Å². The normalized spacial score (nSPS) is 13.7. The van der Waals surface area contributed by atoms with Crippen LogP contribution in [0.25, 0.3) is 0 Å². The van der Waals surface area contributed by atoms with E-state index in [1.54, 1.807) is 0 Å². The van der Waals surface area contributed by atoms with Gasteiger partial charge in [0.1, 0.15) is 5.82 Å². The molecule has 0 aliphatic heterocycles. The number of anilines is 1. The largest absolute Gasteiger partial charge is 0.478 e. The van der Waals surface area contributed by atoms with Gasteiger partial charge in [0.2, 0.25) is 5.91 Å². The summed E-state index contributed by atoms with van der Waals surface area (Å²) in [5, 5.41) is 11.3. The molecular formula is C13H17FN2O3. The molecule has 0 saturated heterocycles. The molecule has 104 valence electrons. The first-order valence-electron chi connectivity index (χ1n) is 5.96. The average molecular weight is 268 g/mol. The van der Waals surface area contributed by atoms with E-state index >= 15 is 0 Å². The molecule has 1 aromatic rings. The van der Waals surface area contributed by atoms with Gasteiger partial charge in [-0.05, 0) is 24.1 Å². The predicted molar refractivity (Wildman–Crippen MR) is 69.4 cm³/mol. The summed E-state index contributed by atoms with van der Waals surface area (Å²) in [6.45, 7) is 3.70. The highest BCUT2D eigenvalue weighted by atomic mass is 19.1. The van der Waals surface area contributed by atoms with Gasteiger partial charge in [0.05, 0.1) is 17.3 Å². The molecule has 0 bridgehead atoms. The summed E-state index contributed by atoms with van der Waals surface area (Å²) in [5.41, 5.74) is 5.47. The molecule has 0 saturated carbocycles. The predicted octanol–water partition coefficient (Wildman–Crippen LogP) is 1.84. The van der Waals surface area contributed by atoms with Crippen molar-refractivity contribution < 1.29 is 19.1 Å². The van der Waals surface area contributed by atoms with Crippen LogP contribution < -0.4 is 11.1 Å². The average Bonchev–Trinajstić information content (AvgIpc) is 2.36. The number of benzene rings is 1. The Kier molecular flexibility index (Phi) is 5.00. The summed E-state index contributed by atoms with van der Waals surface area (Å²) in [5.74, 6) is -2.45. The maximum Gasteiger partial charge on any atom is 0.337 e. The number of halogens is 1. The molecule has 19 heavy (non-hydrogen) atoms. The van der Waals surface area contributed by atoms with Crippen molar-refractivity contribution in [3.63, 3.8) is 0 Å². The van der Waals surface area contributed by atoms with Crippen molar-refractivity contribution >= 4 is 17.6 Å². The number of carbonyl (C=O) groups excluding carboxylic acids is 1. The van der Waals surface area contributed by atoms with E-state index in [0.717, 1.165) is 18.2 Å². The van der Waals surface area contributed by atoms with Crippen LogP contribution in [0.4, 0.5) is 10.1 Å². The van der Waals surface area contributed by atoms with Crippen molar-refractivity contribution in [1.82, 2.24) is 0 Å². The number of hydrogen-bond acceptors (Lipinski definition) is 3. The van der Waals surface area contributed by atoms with Gasteiger partial charge in [-0.3, -0.25) is 4.79 Å². The first-order chi connectivity index (χ1) is 8.86. The lowest BCUT2D eigenvalue weighted by Gasteiger charge is -2.18. The molecule has 2 atom stereocenters. The maximum atomic E-state index is 13.1.